The van der Waals surface area contributed by atoms with Gasteiger partial charge in [0.25, 0.3) is 23.6 Å². The Morgan fingerprint density at radius 1 is 0.417 bits per heavy atom. The zero-order chi connectivity index (χ0) is 25.5. The van der Waals surface area contributed by atoms with Gasteiger partial charge in [-0.15, -0.1) is 0 Å². The highest BCUT2D eigenvalue weighted by atomic mass is 16.2. The Balaban J connectivity index is 1.54. The quantitative estimate of drug-likeness (QED) is 0.351. The summed E-state index contributed by atoms with van der Waals surface area (Å²) in [5.74, 6) is -1.90. The molecule has 2 aliphatic heterocycles. The first kappa shape index (κ1) is 21.9. The molecule has 4 aromatic rings. The van der Waals surface area contributed by atoms with Crippen molar-refractivity contribution in [2.75, 3.05) is 9.80 Å². The second-order valence-electron chi connectivity index (χ2n) is 9.50. The standard InChI is InChI=1S/C30H22N2O4/c1-15-5-7-19(13-17(15)3)31-27(33)21-9-11-23-26-24(12-10-22(25(21)26)28(31)34)30(36)32(29(23)35)20-8-6-16(2)18(4)14-20/h5-14H,1-4H3. The van der Waals surface area contributed by atoms with Crippen LogP contribution in [-0.4, -0.2) is 23.6 Å². The lowest BCUT2D eigenvalue weighted by molar-refractivity contribution is 0.0873. The summed E-state index contributed by atoms with van der Waals surface area (Å²) in [6, 6.07) is 17.2. The van der Waals surface area contributed by atoms with Crippen molar-refractivity contribution in [3.63, 3.8) is 0 Å². The summed E-state index contributed by atoms with van der Waals surface area (Å²) >= 11 is 0. The molecule has 2 heterocycles. The molecule has 36 heavy (non-hydrogen) atoms. The third kappa shape index (κ3) is 2.84. The molecular weight excluding hydrogens is 452 g/mol. The van der Waals surface area contributed by atoms with Crippen LogP contribution in [-0.2, 0) is 0 Å². The van der Waals surface area contributed by atoms with Gasteiger partial charge < -0.3 is 0 Å². The van der Waals surface area contributed by atoms with Gasteiger partial charge in [-0.25, -0.2) is 9.80 Å². The van der Waals surface area contributed by atoms with Crippen LogP contribution < -0.4 is 9.80 Å². The maximum Gasteiger partial charge on any atom is 0.265 e. The molecule has 0 saturated carbocycles. The number of carbonyl (C=O) groups is 4. The van der Waals surface area contributed by atoms with Crippen LogP contribution in [0.2, 0.25) is 0 Å². The first-order chi connectivity index (χ1) is 17.2. The highest BCUT2D eigenvalue weighted by Gasteiger charge is 2.40. The monoisotopic (exact) mass is 474 g/mol. The fourth-order valence-corrected chi connectivity index (χ4v) is 5.07. The van der Waals surface area contributed by atoms with E-state index in [1.165, 1.54) is 9.80 Å². The van der Waals surface area contributed by atoms with E-state index in [2.05, 4.69) is 0 Å². The van der Waals surface area contributed by atoms with Gasteiger partial charge in [0.2, 0.25) is 0 Å². The first-order valence-corrected chi connectivity index (χ1v) is 11.7. The highest BCUT2D eigenvalue weighted by Crippen LogP contribution is 2.40. The Kier molecular flexibility index (Phi) is 4.54. The number of nitrogens with zero attached hydrogens (tertiary/aromatic N) is 2. The fourth-order valence-electron chi connectivity index (χ4n) is 5.07. The smallest absolute Gasteiger partial charge is 0.265 e. The summed E-state index contributed by atoms with van der Waals surface area (Å²) < 4.78 is 0. The predicted molar refractivity (Wildman–Crippen MR) is 138 cm³/mol. The average Bonchev–Trinajstić information content (AvgIpc) is 2.85. The molecule has 0 aromatic heterocycles. The van der Waals surface area contributed by atoms with E-state index in [-0.39, 0.29) is 0 Å². The summed E-state index contributed by atoms with van der Waals surface area (Å²) in [5.41, 5.74) is 6.19. The van der Waals surface area contributed by atoms with Crippen LogP contribution in [0.15, 0.2) is 60.7 Å². The molecule has 2 aliphatic rings. The number of imide groups is 2. The van der Waals surface area contributed by atoms with Crippen LogP contribution in [0, 0.1) is 27.7 Å². The lowest BCUT2D eigenvalue weighted by Gasteiger charge is -2.32. The van der Waals surface area contributed by atoms with Crippen LogP contribution in [0.4, 0.5) is 11.4 Å². The maximum atomic E-state index is 13.6. The molecule has 4 amide bonds. The van der Waals surface area contributed by atoms with Gasteiger partial charge in [0.05, 0.1) is 11.4 Å². The molecule has 176 valence electrons. The molecule has 0 atom stereocenters. The topological polar surface area (TPSA) is 74.8 Å². The third-order valence-electron chi connectivity index (χ3n) is 7.39. The van der Waals surface area contributed by atoms with Crippen molar-refractivity contribution in [1.29, 1.82) is 0 Å². The highest BCUT2D eigenvalue weighted by molar-refractivity contribution is 6.42. The second kappa shape index (κ2) is 7.46. The van der Waals surface area contributed by atoms with E-state index in [4.69, 9.17) is 0 Å². The number of amides is 4. The SMILES string of the molecule is Cc1ccc(N2C(=O)c3ccc4c5c(ccc(c35)C2=O)C(=O)N(c2ccc(C)c(C)c2)C4=O)cc1C. The van der Waals surface area contributed by atoms with Crippen LogP contribution in [0.1, 0.15) is 63.7 Å². The average molecular weight is 475 g/mol. The normalized spacial score (nSPS) is 14.8. The Bertz CT molecular complexity index is 1520. The van der Waals surface area contributed by atoms with Crippen LogP contribution in [0.25, 0.3) is 10.8 Å². The number of anilines is 2. The number of aryl methyl sites for hydroxylation is 4. The van der Waals surface area contributed by atoms with Crippen LogP contribution >= 0.6 is 0 Å². The first-order valence-electron chi connectivity index (χ1n) is 11.7. The largest absolute Gasteiger partial charge is 0.268 e. The van der Waals surface area contributed by atoms with Crippen LogP contribution in [0.3, 0.4) is 0 Å². The molecule has 0 saturated heterocycles. The molecule has 0 N–H and O–H groups in total. The number of hydrogen-bond donors (Lipinski definition) is 0. The minimum Gasteiger partial charge on any atom is -0.268 e. The van der Waals surface area contributed by atoms with E-state index < -0.39 is 23.6 Å². The number of rotatable bonds is 2. The number of benzene rings is 4. The molecule has 6 rings (SSSR count). The van der Waals surface area contributed by atoms with Crippen molar-refractivity contribution in [2.24, 2.45) is 0 Å². The predicted octanol–water partition coefficient (Wildman–Crippen LogP) is 5.67. The third-order valence-corrected chi connectivity index (χ3v) is 7.39. The molecule has 4 aromatic carbocycles. The number of carbonyl (C=O) groups excluding carboxylic acids is 4. The van der Waals surface area contributed by atoms with Crippen molar-refractivity contribution in [1.82, 2.24) is 0 Å². The van der Waals surface area contributed by atoms with Crippen molar-refractivity contribution in [3.8, 4) is 0 Å². The lowest BCUT2D eigenvalue weighted by atomic mass is 9.85. The molecule has 0 unspecified atom stereocenters. The maximum absolute atomic E-state index is 13.6. The molecule has 0 spiro atoms. The second-order valence-corrected chi connectivity index (χ2v) is 9.50. The van der Waals surface area contributed by atoms with E-state index in [0.717, 1.165) is 22.3 Å². The van der Waals surface area contributed by atoms with Crippen molar-refractivity contribution < 1.29 is 19.2 Å². The van der Waals surface area contributed by atoms with E-state index >= 15 is 0 Å². The molecule has 6 heteroatoms. The van der Waals surface area contributed by atoms with Crippen LogP contribution in [0.5, 0.6) is 0 Å². The minimum absolute atomic E-state index is 0.295. The molecule has 0 aliphatic carbocycles. The van der Waals surface area contributed by atoms with Gasteiger partial charge >= 0.3 is 0 Å². The zero-order valence-electron chi connectivity index (χ0n) is 20.3. The van der Waals surface area contributed by atoms with Crippen molar-refractivity contribution >= 4 is 45.8 Å². The van der Waals surface area contributed by atoms with Gasteiger partial charge in [0.1, 0.15) is 0 Å². The molecule has 0 fully saturated rings. The van der Waals surface area contributed by atoms with Gasteiger partial charge in [-0.2, -0.15) is 0 Å². The van der Waals surface area contributed by atoms with Crippen molar-refractivity contribution in [3.05, 3.63) is 105 Å². The van der Waals surface area contributed by atoms with E-state index in [1.807, 2.05) is 52.0 Å². The van der Waals surface area contributed by atoms with E-state index in [0.29, 0.717) is 44.4 Å². The summed E-state index contributed by atoms with van der Waals surface area (Å²) in [6.07, 6.45) is 0. The minimum atomic E-state index is -0.476. The summed E-state index contributed by atoms with van der Waals surface area (Å²) in [6.45, 7) is 7.78. The van der Waals surface area contributed by atoms with Gasteiger partial charge in [-0.3, -0.25) is 19.2 Å². The Hall–Kier alpha value is -4.58. The van der Waals surface area contributed by atoms with Gasteiger partial charge in [-0.05, 0) is 98.5 Å². The van der Waals surface area contributed by atoms with Gasteiger partial charge in [0.15, 0.2) is 0 Å². The van der Waals surface area contributed by atoms with Gasteiger partial charge in [-0.1, -0.05) is 12.1 Å². The zero-order valence-corrected chi connectivity index (χ0v) is 20.3. The summed E-state index contributed by atoms with van der Waals surface area (Å²) in [7, 11) is 0. The van der Waals surface area contributed by atoms with Gasteiger partial charge in [0, 0.05) is 33.0 Å². The number of hydrogen-bond acceptors (Lipinski definition) is 4. The summed E-state index contributed by atoms with van der Waals surface area (Å²) in [5, 5.41) is 0.725. The Morgan fingerprint density at radius 3 is 1.00 bits per heavy atom. The van der Waals surface area contributed by atoms with E-state index in [1.54, 1.807) is 36.4 Å². The van der Waals surface area contributed by atoms with E-state index in [9.17, 15) is 19.2 Å². The Labute approximate surface area is 207 Å². The molecule has 0 bridgehead atoms. The Morgan fingerprint density at radius 2 is 0.722 bits per heavy atom. The molecule has 6 nitrogen and oxygen atoms in total. The lowest BCUT2D eigenvalue weighted by Crippen LogP contribution is -2.43. The van der Waals surface area contributed by atoms with Crippen molar-refractivity contribution in [2.45, 2.75) is 27.7 Å². The summed E-state index contributed by atoms with van der Waals surface area (Å²) in [4.78, 5) is 56.7. The molecular formula is C30H22N2O4. The fraction of sp³-hybridized carbons (Fsp3) is 0.133. The molecule has 0 radical (unpaired) electrons.